The number of rotatable bonds is 5. The summed E-state index contributed by atoms with van der Waals surface area (Å²) >= 11 is 1.58. The molecule has 0 atom stereocenters. The number of nitrogens with zero attached hydrogens (tertiary/aromatic N) is 1. The molecule has 2 N–H and O–H groups in total. The number of benzene rings is 1. The van der Waals surface area contributed by atoms with Gasteiger partial charge in [0.15, 0.2) is 0 Å². The number of carbonyl (C=O) groups excluding carboxylic acids is 2. The van der Waals surface area contributed by atoms with Crippen LogP contribution in [0.2, 0.25) is 0 Å². The number of anilines is 1. The van der Waals surface area contributed by atoms with Gasteiger partial charge in [0.2, 0.25) is 0 Å². The molecule has 0 radical (unpaired) electrons. The largest absolute Gasteiger partial charge is 0.443 e. The second-order valence-electron chi connectivity index (χ2n) is 8.02. The zero-order valence-electron chi connectivity index (χ0n) is 19.7. The fourth-order valence-corrected chi connectivity index (χ4v) is 3.74. The zero-order valence-corrected chi connectivity index (χ0v) is 20.5. The Bertz CT molecular complexity index is 991. The topological polar surface area (TPSA) is 70.7 Å². The Kier molecular flexibility index (Phi) is 10.2. The maximum Gasteiger partial charge on any atom is 0.426 e. The first-order valence-corrected chi connectivity index (χ1v) is 11.1. The van der Waals surface area contributed by atoms with E-state index in [1.54, 1.807) is 51.6 Å². The number of halogens is 1. The van der Waals surface area contributed by atoms with E-state index in [0.717, 1.165) is 22.4 Å². The molecule has 0 fully saturated rings. The van der Waals surface area contributed by atoms with Gasteiger partial charge in [0, 0.05) is 30.3 Å². The molecule has 6 nitrogen and oxygen atoms in total. The van der Waals surface area contributed by atoms with Gasteiger partial charge in [-0.15, -0.1) is 24.9 Å². The minimum Gasteiger partial charge on any atom is -0.443 e. The van der Waals surface area contributed by atoms with Crippen LogP contribution < -0.4 is 15.8 Å². The predicted molar refractivity (Wildman–Crippen MR) is 139 cm³/mol. The standard InChI is InChI=1S/C23H28FN3O3S.C2H4.2H2/c1-8-18(24)17(14(2)3)12-27-15(4)13-31-20-10-9-16(11-19(20)27)21(28)25-26-22(29)30-23(5,6)7;1-2;;/h8-11H,1-2,4,12-13H2,3,5-7H3,(H,25,28)(H,26,29);1-2H2;2*1H/b18-17+;;;. The first-order valence-electron chi connectivity index (χ1n) is 10.1. The first-order chi connectivity index (χ1) is 15.4. The van der Waals surface area contributed by atoms with E-state index in [9.17, 15) is 14.0 Å². The number of thioether (sulfide) groups is 1. The fraction of sp³-hybridized carbons (Fsp3) is 0.280. The fourth-order valence-electron chi connectivity index (χ4n) is 2.78. The molecule has 0 bridgehead atoms. The van der Waals surface area contributed by atoms with Gasteiger partial charge < -0.3 is 9.64 Å². The number of nitrogens with one attached hydrogen (secondary N) is 2. The first kappa shape index (κ1) is 27.8. The van der Waals surface area contributed by atoms with Crippen LogP contribution in [0.4, 0.5) is 14.9 Å². The summed E-state index contributed by atoms with van der Waals surface area (Å²) in [4.78, 5) is 27.1. The van der Waals surface area contributed by atoms with Crippen LogP contribution in [0.25, 0.3) is 0 Å². The lowest BCUT2D eigenvalue weighted by molar-refractivity contribution is 0.0483. The SMILES string of the molecule is C=C.C=C/C(F)=C(/CN1C(=C)CSc2ccc(C(=O)NNC(=O)OC(C)(C)C)cc21)C(=C)C.[HH].[HH]. The van der Waals surface area contributed by atoms with Gasteiger partial charge in [-0.05, 0) is 52.0 Å². The van der Waals surface area contributed by atoms with E-state index in [1.165, 1.54) is 0 Å². The quantitative estimate of drug-likeness (QED) is 0.285. The summed E-state index contributed by atoms with van der Waals surface area (Å²) in [5.41, 5.74) is 6.69. The van der Waals surface area contributed by atoms with Crippen LogP contribution in [0.3, 0.4) is 0 Å². The lowest BCUT2D eigenvalue weighted by Gasteiger charge is -2.34. The van der Waals surface area contributed by atoms with Gasteiger partial charge in [-0.25, -0.2) is 14.6 Å². The van der Waals surface area contributed by atoms with E-state index in [4.69, 9.17) is 4.74 Å². The molecule has 0 aromatic heterocycles. The summed E-state index contributed by atoms with van der Waals surface area (Å²) in [5, 5.41) is 0. The molecule has 0 aliphatic carbocycles. The van der Waals surface area contributed by atoms with Crippen LogP contribution >= 0.6 is 11.8 Å². The normalized spacial score (nSPS) is 13.5. The third kappa shape index (κ3) is 7.98. The van der Waals surface area contributed by atoms with Gasteiger partial charge >= 0.3 is 6.09 Å². The monoisotopic (exact) mass is 477 g/mol. The molecule has 0 saturated carbocycles. The van der Waals surface area contributed by atoms with Crippen LogP contribution in [0.1, 0.15) is 40.9 Å². The molecule has 33 heavy (non-hydrogen) atoms. The predicted octanol–water partition coefficient (Wildman–Crippen LogP) is 6.56. The van der Waals surface area contributed by atoms with Gasteiger partial charge in [-0.3, -0.25) is 10.2 Å². The lowest BCUT2D eigenvalue weighted by Crippen LogP contribution is -2.44. The smallest absolute Gasteiger partial charge is 0.426 e. The van der Waals surface area contributed by atoms with E-state index in [1.807, 2.05) is 11.0 Å². The Morgan fingerprint density at radius 1 is 1.30 bits per heavy atom. The summed E-state index contributed by atoms with van der Waals surface area (Å²) in [5.74, 6) is -0.323. The lowest BCUT2D eigenvalue weighted by atomic mass is 10.1. The molecule has 0 unspecified atom stereocenters. The summed E-state index contributed by atoms with van der Waals surface area (Å²) in [6.07, 6.45) is 0.388. The molecule has 1 aliphatic rings. The van der Waals surface area contributed by atoms with E-state index in [2.05, 4.69) is 43.7 Å². The van der Waals surface area contributed by atoms with Crippen LogP contribution in [-0.4, -0.2) is 29.9 Å². The number of ether oxygens (including phenoxy) is 1. The Balaban J connectivity index is 0. The van der Waals surface area contributed by atoms with Gasteiger partial charge in [-0.2, -0.15) is 0 Å². The van der Waals surface area contributed by atoms with E-state index in [0.29, 0.717) is 22.5 Å². The minimum atomic E-state index is -0.763. The van der Waals surface area contributed by atoms with Crippen molar-refractivity contribution >= 4 is 29.4 Å². The van der Waals surface area contributed by atoms with Gasteiger partial charge in [0.25, 0.3) is 5.91 Å². The molecule has 1 aromatic rings. The Hall–Kier alpha value is -3.26. The second-order valence-corrected chi connectivity index (χ2v) is 9.03. The highest BCUT2D eigenvalue weighted by Crippen LogP contribution is 2.40. The van der Waals surface area contributed by atoms with Crippen molar-refractivity contribution in [1.29, 1.82) is 0 Å². The van der Waals surface area contributed by atoms with Crippen molar-refractivity contribution in [3.8, 4) is 0 Å². The molecule has 8 heteroatoms. The van der Waals surface area contributed by atoms with Crippen molar-refractivity contribution in [2.45, 2.75) is 38.2 Å². The summed E-state index contributed by atoms with van der Waals surface area (Å²) in [7, 11) is 0. The number of hydrogen-bond acceptors (Lipinski definition) is 5. The number of fused-ring (bicyclic) bond motifs is 1. The van der Waals surface area contributed by atoms with Crippen LogP contribution in [0, 0.1) is 0 Å². The summed E-state index contributed by atoms with van der Waals surface area (Å²) in [6.45, 7) is 24.6. The minimum absolute atomic E-state index is 0. The summed E-state index contributed by atoms with van der Waals surface area (Å²) in [6, 6.07) is 5.15. The molecule has 0 spiro atoms. The Morgan fingerprint density at radius 2 is 1.94 bits per heavy atom. The molecule has 2 rings (SSSR count). The molecule has 1 aliphatic heterocycles. The van der Waals surface area contributed by atoms with Crippen molar-refractivity contribution in [1.82, 2.24) is 10.9 Å². The van der Waals surface area contributed by atoms with Gasteiger partial charge in [0.05, 0.1) is 12.2 Å². The number of allylic oxidation sites excluding steroid dienone is 2. The molecular weight excluding hydrogens is 441 g/mol. The molecule has 0 saturated heterocycles. The van der Waals surface area contributed by atoms with Crippen LogP contribution in [0.5, 0.6) is 0 Å². The molecule has 2 amide bonds. The zero-order chi connectivity index (χ0) is 25.3. The third-order valence-corrected chi connectivity index (χ3v) is 5.40. The number of hydrazine groups is 1. The maximum atomic E-state index is 14.3. The summed E-state index contributed by atoms with van der Waals surface area (Å²) < 4.78 is 19.4. The molecule has 1 aromatic carbocycles. The van der Waals surface area contributed by atoms with Crippen LogP contribution in [-0.2, 0) is 4.74 Å². The van der Waals surface area contributed by atoms with Crippen molar-refractivity contribution < 1.29 is 21.6 Å². The molecule has 1 heterocycles. The highest BCUT2D eigenvalue weighted by molar-refractivity contribution is 7.99. The average Bonchev–Trinajstić information content (AvgIpc) is 2.76. The highest BCUT2D eigenvalue weighted by atomic mass is 32.2. The maximum absolute atomic E-state index is 14.3. The molecule has 182 valence electrons. The Labute approximate surface area is 202 Å². The second kappa shape index (κ2) is 12.1. The van der Waals surface area contributed by atoms with Crippen molar-refractivity contribution in [2.24, 2.45) is 0 Å². The van der Waals surface area contributed by atoms with E-state index < -0.39 is 23.4 Å². The van der Waals surface area contributed by atoms with E-state index in [-0.39, 0.29) is 9.40 Å². The van der Waals surface area contributed by atoms with Crippen molar-refractivity contribution in [2.75, 3.05) is 17.2 Å². The third-order valence-electron chi connectivity index (χ3n) is 4.26. The van der Waals surface area contributed by atoms with E-state index >= 15 is 0 Å². The number of amides is 2. The average molecular weight is 478 g/mol. The Morgan fingerprint density at radius 3 is 2.48 bits per heavy atom. The number of carbonyl (C=O) groups is 2. The van der Waals surface area contributed by atoms with Crippen LogP contribution in [0.15, 0.2) is 84.7 Å². The van der Waals surface area contributed by atoms with Gasteiger partial charge in [0.1, 0.15) is 11.4 Å². The number of hydrogen-bond donors (Lipinski definition) is 2. The van der Waals surface area contributed by atoms with Crippen molar-refractivity contribution in [3.05, 3.63) is 85.4 Å². The highest BCUT2D eigenvalue weighted by Gasteiger charge is 2.24. The van der Waals surface area contributed by atoms with Gasteiger partial charge in [-0.1, -0.05) is 25.3 Å². The molecular formula is C25H36FN3O3S. The van der Waals surface area contributed by atoms with Crippen molar-refractivity contribution in [3.63, 3.8) is 0 Å².